The number of primary amides is 1. The zero-order chi connectivity index (χ0) is 31.5. The highest BCUT2D eigenvalue weighted by atomic mass is 16.4. The molecule has 0 spiro atoms. The SMILES string of the molecule is CC1c2ccc(NC(=O)CNCc3ncc[nH]3)c(O)c2C(O)=C2C(=O)C3(O)C(O)=C(C(N)=O)C(=O)[C@@H](N(C)C)C3C(O)C21. The van der Waals surface area contributed by atoms with E-state index >= 15 is 0 Å². The van der Waals surface area contributed by atoms with Crippen molar-refractivity contribution >= 4 is 34.8 Å². The van der Waals surface area contributed by atoms with E-state index in [4.69, 9.17) is 5.73 Å². The fourth-order valence-electron chi connectivity index (χ4n) is 6.60. The molecule has 3 aliphatic carbocycles. The number of aliphatic hydroxyl groups is 4. The predicted octanol–water partition coefficient (Wildman–Crippen LogP) is -1.05. The summed E-state index contributed by atoms with van der Waals surface area (Å²) in [7, 11) is 2.87. The third-order valence-corrected chi connectivity index (χ3v) is 8.54. The molecular formula is C28H32N6O9. The monoisotopic (exact) mass is 596 g/mol. The number of hydrogen-bond acceptors (Lipinski definition) is 12. The van der Waals surface area contributed by atoms with E-state index in [9.17, 15) is 44.7 Å². The molecule has 1 aromatic heterocycles. The first-order valence-electron chi connectivity index (χ1n) is 13.4. The van der Waals surface area contributed by atoms with Gasteiger partial charge in [0.15, 0.2) is 11.4 Å². The average molecular weight is 597 g/mol. The highest BCUT2D eigenvalue weighted by Crippen LogP contribution is 2.56. The lowest BCUT2D eigenvalue weighted by Gasteiger charge is -2.53. The van der Waals surface area contributed by atoms with E-state index in [2.05, 4.69) is 20.6 Å². The van der Waals surface area contributed by atoms with Crippen LogP contribution in [-0.4, -0.2) is 102 Å². The van der Waals surface area contributed by atoms with Crippen LogP contribution >= 0.6 is 0 Å². The number of aliphatic hydroxyl groups excluding tert-OH is 3. The van der Waals surface area contributed by atoms with Crippen molar-refractivity contribution in [1.82, 2.24) is 20.2 Å². The third kappa shape index (κ3) is 4.39. The molecule has 228 valence electrons. The average Bonchev–Trinajstić information content (AvgIpc) is 3.45. The van der Waals surface area contributed by atoms with Crippen LogP contribution in [0.2, 0.25) is 0 Å². The summed E-state index contributed by atoms with van der Waals surface area (Å²) in [6.45, 7) is 1.74. The molecule has 1 aromatic carbocycles. The first-order valence-corrected chi connectivity index (χ1v) is 13.4. The number of nitrogens with two attached hydrogens (primary N) is 1. The van der Waals surface area contributed by atoms with Crippen LogP contribution in [0, 0.1) is 11.8 Å². The van der Waals surface area contributed by atoms with Gasteiger partial charge in [-0.2, -0.15) is 0 Å². The van der Waals surface area contributed by atoms with Crippen LogP contribution in [-0.2, 0) is 25.7 Å². The molecule has 3 aliphatic rings. The van der Waals surface area contributed by atoms with Crippen LogP contribution in [0.25, 0.3) is 5.76 Å². The van der Waals surface area contributed by atoms with Gasteiger partial charge in [0, 0.05) is 23.9 Å². The molecule has 2 aromatic rings. The molecule has 5 unspecified atom stereocenters. The predicted molar refractivity (Wildman–Crippen MR) is 149 cm³/mol. The number of anilines is 1. The van der Waals surface area contributed by atoms with E-state index in [-0.39, 0.29) is 24.3 Å². The molecule has 0 bridgehead atoms. The van der Waals surface area contributed by atoms with E-state index in [1.165, 1.54) is 31.1 Å². The zero-order valence-corrected chi connectivity index (χ0v) is 23.5. The number of H-pyrrole nitrogens is 1. The smallest absolute Gasteiger partial charge is 0.255 e. The van der Waals surface area contributed by atoms with E-state index < -0.39 is 87.3 Å². The summed E-state index contributed by atoms with van der Waals surface area (Å²) in [5.74, 6) is -9.85. The summed E-state index contributed by atoms with van der Waals surface area (Å²) in [5.41, 5.74) is 0.811. The third-order valence-electron chi connectivity index (χ3n) is 8.54. The number of likely N-dealkylation sites (N-methyl/N-ethyl adjacent to an activating group) is 1. The molecule has 43 heavy (non-hydrogen) atoms. The van der Waals surface area contributed by atoms with Crippen LogP contribution in [0.1, 0.15) is 29.8 Å². The Bertz CT molecular complexity index is 1600. The molecule has 5 rings (SSSR count). The van der Waals surface area contributed by atoms with Crippen molar-refractivity contribution in [2.45, 2.75) is 37.1 Å². The van der Waals surface area contributed by atoms with Gasteiger partial charge in [-0.25, -0.2) is 4.98 Å². The Morgan fingerprint density at radius 1 is 1.19 bits per heavy atom. The molecule has 0 saturated heterocycles. The number of carbonyl (C=O) groups is 4. The van der Waals surface area contributed by atoms with Gasteiger partial charge in [-0.05, 0) is 31.6 Å². The standard InChI is InChI=1S/C28H32N6O9/c1-10-11-4-5-12(33-14(35)9-30-8-13-31-6-7-32-13)21(36)16(11)22(37)17-15(10)23(38)19-20(34(2)3)24(39)18(27(29)42)26(41)28(19,43)25(17)40/h4-7,10,15,19-20,23,30,36-38,41,43H,8-9H2,1-3H3,(H2,29,42)(H,31,32)(H,33,35)/t10?,15?,19?,20-,23?,28?/m0/s1. The molecule has 6 atom stereocenters. The molecule has 15 heteroatoms. The Labute approximate surface area is 244 Å². The number of benzene rings is 1. The number of aromatic amines is 1. The number of imidazole rings is 1. The van der Waals surface area contributed by atoms with Gasteiger partial charge < -0.3 is 46.9 Å². The van der Waals surface area contributed by atoms with Gasteiger partial charge in [0.1, 0.15) is 28.7 Å². The van der Waals surface area contributed by atoms with Crippen molar-refractivity contribution in [1.29, 1.82) is 0 Å². The maximum absolute atomic E-state index is 14.0. The molecule has 2 amide bonds. The van der Waals surface area contributed by atoms with E-state index in [1.54, 1.807) is 19.3 Å². The van der Waals surface area contributed by atoms with Crippen LogP contribution in [0.4, 0.5) is 5.69 Å². The lowest BCUT2D eigenvalue weighted by atomic mass is 9.54. The lowest BCUT2D eigenvalue weighted by molar-refractivity contribution is -0.169. The van der Waals surface area contributed by atoms with Gasteiger partial charge in [-0.1, -0.05) is 13.0 Å². The Kier molecular flexibility index (Phi) is 7.38. The second kappa shape index (κ2) is 10.6. The van der Waals surface area contributed by atoms with Gasteiger partial charge in [-0.15, -0.1) is 0 Å². The van der Waals surface area contributed by atoms with E-state index in [0.29, 0.717) is 11.4 Å². The fourth-order valence-corrected chi connectivity index (χ4v) is 6.60. The zero-order valence-electron chi connectivity index (χ0n) is 23.5. The van der Waals surface area contributed by atoms with Crippen molar-refractivity contribution in [3.8, 4) is 5.75 Å². The molecule has 15 nitrogen and oxygen atoms in total. The number of nitrogens with zero attached hydrogens (tertiary/aromatic N) is 2. The minimum absolute atomic E-state index is 0.0866. The lowest BCUT2D eigenvalue weighted by Crippen LogP contribution is -2.70. The van der Waals surface area contributed by atoms with Gasteiger partial charge in [-0.3, -0.25) is 24.1 Å². The number of carbonyl (C=O) groups excluding carboxylic acids is 4. The van der Waals surface area contributed by atoms with Gasteiger partial charge >= 0.3 is 0 Å². The van der Waals surface area contributed by atoms with Crippen molar-refractivity contribution in [2.75, 3.05) is 26.0 Å². The first-order chi connectivity index (χ1) is 20.2. The number of hydrogen-bond donors (Lipinski definition) is 9. The van der Waals surface area contributed by atoms with Crippen LogP contribution < -0.4 is 16.4 Å². The summed E-state index contributed by atoms with van der Waals surface area (Å²) in [4.78, 5) is 60.2. The largest absolute Gasteiger partial charge is 0.508 e. The Morgan fingerprint density at radius 3 is 2.49 bits per heavy atom. The van der Waals surface area contributed by atoms with Gasteiger partial charge in [0.2, 0.25) is 11.7 Å². The van der Waals surface area contributed by atoms with Crippen LogP contribution in [0.15, 0.2) is 41.4 Å². The highest BCUT2D eigenvalue weighted by Gasteiger charge is 2.68. The molecule has 10 N–H and O–H groups in total. The fraction of sp³-hybridized carbons (Fsp3) is 0.393. The Morgan fingerprint density at radius 2 is 1.88 bits per heavy atom. The van der Waals surface area contributed by atoms with Crippen LogP contribution in [0.3, 0.4) is 0 Å². The molecule has 0 radical (unpaired) electrons. The summed E-state index contributed by atoms with van der Waals surface area (Å²) >= 11 is 0. The molecule has 1 saturated carbocycles. The minimum Gasteiger partial charge on any atom is -0.508 e. The normalized spacial score (nSPS) is 28.5. The maximum Gasteiger partial charge on any atom is 0.255 e. The number of amides is 2. The number of aromatic hydroxyl groups is 1. The number of phenols is 1. The summed E-state index contributed by atoms with van der Waals surface area (Å²) in [5, 5.41) is 62.3. The van der Waals surface area contributed by atoms with Gasteiger partial charge in [0.05, 0.1) is 42.4 Å². The number of rotatable bonds is 7. The number of phenolic OH excluding ortho intramolecular Hbond substituents is 1. The second-order valence-electron chi connectivity index (χ2n) is 11.2. The number of aromatic nitrogens is 2. The summed E-state index contributed by atoms with van der Waals surface area (Å²) < 4.78 is 0. The topological polar surface area (TPSA) is 251 Å². The minimum atomic E-state index is -3.01. The molecule has 0 aliphatic heterocycles. The second-order valence-corrected chi connectivity index (χ2v) is 11.2. The maximum atomic E-state index is 14.0. The number of Topliss-reactive ketones (excluding diaryl/α,β-unsaturated/α-hetero) is 2. The Balaban J connectivity index is 1.56. The number of nitrogens with one attached hydrogen (secondary N) is 3. The first kappa shape index (κ1) is 29.9. The van der Waals surface area contributed by atoms with Crippen molar-refractivity contribution in [3.63, 3.8) is 0 Å². The quantitative estimate of drug-likeness (QED) is 0.137. The molecular weight excluding hydrogens is 564 g/mol. The summed E-state index contributed by atoms with van der Waals surface area (Å²) in [6.07, 6.45) is 1.50. The van der Waals surface area contributed by atoms with Crippen molar-refractivity contribution in [2.24, 2.45) is 17.6 Å². The van der Waals surface area contributed by atoms with Crippen molar-refractivity contribution < 1.29 is 44.7 Å². The van der Waals surface area contributed by atoms with E-state index in [0.717, 1.165) is 0 Å². The Hall–Kier alpha value is -4.57. The van der Waals surface area contributed by atoms with E-state index in [1.807, 2.05) is 0 Å². The summed E-state index contributed by atoms with van der Waals surface area (Å²) in [6, 6.07) is 1.47. The molecule has 1 heterocycles. The molecule has 1 fully saturated rings. The number of ketones is 2. The van der Waals surface area contributed by atoms with Gasteiger partial charge in [0.25, 0.3) is 5.91 Å². The van der Waals surface area contributed by atoms with Crippen molar-refractivity contribution in [3.05, 3.63) is 58.4 Å². The number of fused-ring (bicyclic) bond motifs is 3. The highest BCUT2D eigenvalue weighted by molar-refractivity contribution is 6.24. The van der Waals surface area contributed by atoms with Crippen LogP contribution in [0.5, 0.6) is 5.75 Å².